The molecule has 1 amide bonds. The van der Waals surface area contributed by atoms with Crippen molar-refractivity contribution in [1.29, 1.82) is 5.26 Å². The van der Waals surface area contributed by atoms with Gasteiger partial charge in [-0.3, -0.25) is 4.79 Å². The molecule has 0 fully saturated rings. The molecule has 0 bridgehead atoms. The summed E-state index contributed by atoms with van der Waals surface area (Å²) in [5.74, 6) is 0.360. The van der Waals surface area contributed by atoms with E-state index < -0.39 is 5.60 Å². The third kappa shape index (κ3) is 6.39. The van der Waals surface area contributed by atoms with Crippen LogP contribution in [0.1, 0.15) is 65.4 Å². The van der Waals surface area contributed by atoms with Crippen molar-refractivity contribution in [3.8, 4) is 11.8 Å². The van der Waals surface area contributed by atoms with Crippen molar-refractivity contribution in [3.63, 3.8) is 0 Å². The maximum Gasteiger partial charge on any atom is 0.256 e. The lowest BCUT2D eigenvalue weighted by molar-refractivity contribution is -0.140. The van der Waals surface area contributed by atoms with Crippen LogP contribution in [0.15, 0.2) is 18.2 Å². The van der Waals surface area contributed by atoms with E-state index in [4.69, 9.17) is 9.47 Å². The molecule has 138 valence electrons. The number of carbonyl (C=O) groups is 1. The summed E-state index contributed by atoms with van der Waals surface area (Å²) in [6.07, 6.45) is 4.32. The van der Waals surface area contributed by atoms with E-state index in [9.17, 15) is 10.1 Å². The minimum atomic E-state index is -0.867. The summed E-state index contributed by atoms with van der Waals surface area (Å²) in [5, 5.41) is 12.2. The summed E-state index contributed by atoms with van der Waals surface area (Å²) in [5.41, 5.74) is 0.126. The molecule has 5 heteroatoms. The number of nitrogens with one attached hydrogen (secondary N) is 1. The van der Waals surface area contributed by atoms with Crippen LogP contribution >= 0.6 is 0 Å². The van der Waals surface area contributed by atoms with Crippen LogP contribution in [-0.2, 0) is 9.53 Å². The number of anilines is 1. The molecule has 1 N–H and O–H groups in total. The van der Waals surface area contributed by atoms with Crippen molar-refractivity contribution in [2.45, 2.75) is 65.4 Å². The second-order valence-electron chi connectivity index (χ2n) is 6.31. The Kier molecular flexibility index (Phi) is 9.01. The summed E-state index contributed by atoms with van der Waals surface area (Å²) < 4.78 is 11.4. The number of benzene rings is 1. The van der Waals surface area contributed by atoms with Crippen LogP contribution in [-0.4, -0.2) is 24.7 Å². The predicted molar refractivity (Wildman–Crippen MR) is 99.7 cm³/mol. The second-order valence-corrected chi connectivity index (χ2v) is 6.31. The molecule has 1 aromatic carbocycles. The van der Waals surface area contributed by atoms with Gasteiger partial charge in [0.1, 0.15) is 17.4 Å². The number of nitrogens with zero attached hydrogens (tertiary/aromatic N) is 1. The number of hydrogen-bond donors (Lipinski definition) is 1. The minimum Gasteiger partial charge on any atom is -0.492 e. The Morgan fingerprint density at radius 3 is 2.56 bits per heavy atom. The Morgan fingerprint density at radius 2 is 1.96 bits per heavy atom. The molecular formula is C20H30N2O3. The lowest BCUT2D eigenvalue weighted by atomic mass is 9.98. The normalized spacial score (nSPS) is 12.9. The third-order valence-corrected chi connectivity index (χ3v) is 3.95. The van der Waals surface area contributed by atoms with E-state index in [0.29, 0.717) is 36.6 Å². The van der Waals surface area contributed by atoms with Gasteiger partial charge >= 0.3 is 0 Å². The van der Waals surface area contributed by atoms with Crippen molar-refractivity contribution in [2.75, 3.05) is 18.5 Å². The molecule has 0 saturated carbocycles. The molecule has 0 aliphatic carbocycles. The molecule has 0 spiro atoms. The Morgan fingerprint density at radius 1 is 1.20 bits per heavy atom. The van der Waals surface area contributed by atoms with Gasteiger partial charge in [-0.2, -0.15) is 5.26 Å². The summed E-state index contributed by atoms with van der Waals surface area (Å²) in [7, 11) is 0. The van der Waals surface area contributed by atoms with E-state index in [1.807, 2.05) is 20.8 Å². The molecule has 1 rings (SSSR count). The van der Waals surface area contributed by atoms with Crippen molar-refractivity contribution in [2.24, 2.45) is 0 Å². The number of ether oxygens (including phenoxy) is 2. The molecule has 1 atom stereocenters. The first-order valence-electron chi connectivity index (χ1n) is 9.13. The number of unbranched alkanes of at least 4 members (excludes halogenated alkanes) is 1. The van der Waals surface area contributed by atoms with Crippen LogP contribution in [0.3, 0.4) is 0 Å². The average molecular weight is 346 g/mol. The maximum absolute atomic E-state index is 12.7. The van der Waals surface area contributed by atoms with Crippen LogP contribution in [0.5, 0.6) is 5.75 Å². The predicted octanol–water partition coefficient (Wildman–Crippen LogP) is 4.66. The average Bonchev–Trinajstić information content (AvgIpc) is 2.61. The van der Waals surface area contributed by atoms with Gasteiger partial charge in [0.25, 0.3) is 5.91 Å². The third-order valence-electron chi connectivity index (χ3n) is 3.95. The standard InChI is InChI=1S/C20H30N2O3/c1-5-8-13-24-18-10-9-17(14-16(18)15-21)22-19(23)20(4,11-6-2)25-12-7-3/h9-10,14H,5-8,11-13H2,1-4H3,(H,22,23). The number of amides is 1. The molecule has 0 radical (unpaired) electrons. The highest BCUT2D eigenvalue weighted by Crippen LogP contribution is 2.25. The highest BCUT2D eigenvalue weighted by Gasteiger charge is 2.33. The molecule has 0 aromatic heterocycles. The van der Waals surface area contributed by atoms with Gasteiger partial charge < -0.3 is 14.8 Å². The zero-order valence-electron chi connectivity index (χ0n) is 15.9. The summed E-state index contributed by atoms with van der Waals surface area (Å²) in [6.45, 7) is 9.06. The first kappa shape index (κ1) is 21.0. The van der Waals surface area contributed by atoms with Gasteiger partial charge in [0.15, 0.2) is 0 Å². The highest BCUT2D eigenvalue weighted by molar-refractivity contribution is 5.97. The molecule has 0 aliphatic heterocycles. The van der Waals surface area contributed by atoms with Crippen LogP contribution < -0.4 is 10.1 Å². The molecule has 25 heavy (non-hydrogen) atoms. The fourth-order valence-electron chi connectivity index (χ4n) is 2.47. The van der Waals surface area contributed by atoms with Gasteiger partial charge in [-0.15, -0.1) is 0 Å². The van der Waals surface area contributed by atoms with Crippen molar-refractivity contribution in [3.05, 3.63) is 23.8 Å². The summed E-state index contributed by atoms with van der Waals surface area (Å²) in [4.78, 5) is 12.7. The molecule has 0 saturated heterocycles. The first-order chi connectivity index (χ1) is 12.0. The van der Waals surface area contributed by atoms with Crippen molar-refractivity contribution in [1.82, 2.24) is 0 Å². The van der Waals surface area contributed by atoms with E-state index in [-0.39, 0.29) is 5.91 Å². The molecule has 0 aliphatic rings. The van der Waals surface area contributed by atoms with Gasteiger partial charge in [-0.25, -0.2) is 0 Å². The minimum absolute atomic E-state index is 0.189. The first-order valence-corrected chi connectivity index (χ1v) is 9.13. The van der Waals surface area contributed by atoms with Gasteiger partial charge in [0.2, 0.25) is 0 Å². The van der Waals surface area contributed by atoms with E-state index in [2.05, 4.69) is 18.3 Å². The van der Waals surface area contributed by atoms with Crippen LogP contribution in [0.25, 0.3) is 0 Å². The topological polar surface area (TPSA) is 71.3 Å². The maximum atomic E-state index is 12.7. The van der Waals surface area contributed by atoms with Gasteiger partial charge in [0, 0.05) is 12.3 Å². The van der Waals surface area contributed by atoms with Gasteiger partial charge in [-0.05, 0) is 44.4 Å². The van der Waals surface area contributed by atoms with Gasteiger partial charge in [-0.1, -0.05) is 33.6 Å². The molecular weight excluding hydrogens is 316 g/mol. The fourth-order valence-corrected chi connectivity index (χ4v) is 2.47. The Hall–Kier alpha value is -2.06. The SMILES string of the molecule is CCCCOc1ccc(NC(=O)C(C)(CCC)OCCC)cc1C#N. The van der Waals surface area contributed by atoms with E-state index in [1.165, 1.54) is 0 Å². The number of carbonyl (C=O) groups excluding carboxylic acids is 1. The number of rotatable bonds is 11. The number of nitriles is 1. The van der Waals surface area contributed by atoms with E-state index in [0.717, 1.165) is 25.7 Å². The van der Waals surface area contributed by atoms with E-state index in [1.54, 1.807) is 18.2 Å². The fraction of sp³-hybridized carbons (Fsp3) is 0.600. The monoisotopic (exact) mass is 346 g/mol. The van der Waals surface area contributed by atoms with Crippen molar-refractivity contribution < 1.29 is 14.3 Å². The lowest BCUT2D eigenvalue weighted by Gasteiger charge is -2.28. The highest BCUT2D eigenvalue weighted by atomic mass is 16.5. The van der Waals surface area contributed by atoms with Crippen LogP contribution in [0.4, 0.5) is 5.69 Å². The van der Waals surface area contributed by atoms with Crippen molar-refractivity contribution >= 4 is 11.6 Å². The Balaban J connectivity index is 2.86. The van der Waals surface area contributed by atoms with Crippen LogP contribution in [0, 0.1) is 11.3 Å². The Bertz CT molecular complexity index is 595. The lowest BCUT2D eigenvalue weighted by Crippen LogP contribution is -2.43. The van der Waals surface area contributed by atoms with E-state index >= 15 is 0 Å². The molecule has 1 unspecified atom stereocenters. The van der Waals surface area contributed by atoms with Crippen LogP contribution in [0.2, 0.25) is 0 Å². The quantitative estimate of drug-likeness (QED) is 0.591. The zero-order valence-corrected chi connectivity index (χ0v) is 15.9. The molecule has 0 heterocycles. The second kappa shape index (κ2) is 10.7. The summed E-state index contributed by atoms with van der Waals surface area (Å²) >= 11 is 0. The largest absolute Gasteiger partial charge is 0.492 e. The Labute approximate surface area is 151 Å². The molecule has 5 nitrogen and oxygen atoms in total. The molecule has 1 aromatic rings. The number of hydrogen-bond acceptors (Lipinski definition) is 4. The zero-order chi connectivity index (χ0) is 18.7. The summed E-state index contributed by atoms with van der Waals surface area (Å²) in [6, 6.07) is 7.26. The smallest absolute Gasteiger partial charge is 0.256 e. The van der Waals surface area contributed by atoms with Gasteiger partial charge in [0.05, 0.1) is 12.2 Å².